The minimum atomic E-state index is -0.560. The number of rotatable bonds is 8. The number of carbonyl (C=O) groups excluding carboxylic acids is 1. The van der Waals surface area contributed by atoms with Gasteiger partial charge in [-0.3, -0.25) is 19.8 Å². The van der Waals surface area contributed by atoms with E-state index in [2.05, 4.69) is 5.32 Å². The fraction of sp³-hybridized carbons (Fsp3) is 0.278. The highest BCUT2D eigenvalue weighted by molar-refractivity contribution is 6.31. The van der Waals surface area contributed by atoms with Crippen LogP contribution in [-0.2, 0) is 11.3 Å². The summed E-state index contributed by atoms with van der Waals surface area (Å²) in [5.74, 6) is -0.296. The second kappa shape index (κ2) is 9.15. The zero-order valence-corrected chi connectivity index (χ0v) is 14.7. The van der Waals surface area contributed by atoms with Gasteiger partial charge < -0.3 is 5.32 Å². The highest BCUT2D eigenvalue weighted by Crippen LogP contribution is 2.27. The van der Waals surface area contributed by atoms with Crippen LogP contribution < -0.4 is 5.32 Å². The quantitative estimate of drug-likeness (QED) is 0.567. The minimum Gasteiger partial charge on any atom is -0.319 e. The number of nitro groups is 1. The van der Waals surface area contributed by atoms with Crippen molar-refractivity contribution in [3.05, 3.63) is 69.2 Å². The first-order valence-corrected chi connectivity index (χ1v) is 8.37. The van der Waals surface area contributed by atoms with Gasteiger partial charge in [0.1, 0.15) is 5.69 Å². The molecule has 0 aliphatic heterocycles. The molecule has 1 N–H and O–H groups in total. The SMILES string of the molecule is CCCN(CC(=O)Nc1ccc(Cl)cc1[N+](=O)[O-])Cc1ccccc1. The van der Waals surface area contributed by atoms with Crippen LogP contribution in [0.25, 0.3) is 0 Å². The van der Waals surface area contributed by atoms with Crippen LogP contribution in [0.4, 0.5) is 11.4 Å². The number of anilines is 1. The third-order valence-electron chi connectivity index (χ3n) is 3.59. The molecule has 6 nitrogen and oxygen atoms in total. The largest absolute Gasteiger partial charge is 0.319 e. The third kappa shape index (κ3) is 5.85. The maximum absolute atomic E-state index is 12.3. The van der Waals surface area contributed by atoms with Crippen molar-refractivity contribution in [2.75, 3.05) is 18.4 Å². The van der Waals surface area contributed by atoms with E-state index in [1.807, 2.05) is 42.2 Å². The van der Waals surface area contributed by atoms with Crippen LogP contribution in [0.2, 0.25) is 5.02 Å². The maximum Gasteiger partial charge on any atom is 0.294 e. The van der Waals surface area contributed by atoms with Crippen LogP contribution in [0.3, 0.4) is 0 Å². The number of nitrogens with one attached hydrogen (secondary N) is 1. The molecule has 0 radical (unpaired) electrons. The van der Waals surface area contributed by atoms with Crippen molar-refractivity contribution in [3.8, 4) is 0 Å². The van der Waals surface area contributed by atoms with E-state index in [0.717, 1.165) is 18.5 Å². The second-order valence-corrected chi connectivity index (χ2v) is 6.10. The summed E-state index contributed by atoms with van der Waals surface area (Å²) in [5, 5.41) is 14.0. The number of nitro benzene ring substituents is 1. The van der Waals surface area contributed by atoms with Crippen molar-refractivity contribution in [1.82, 2.24) is 4.90 Å². The number of hydrogen-bond acceptors (Lipinski definition) is 4. The summed E-state index contributed by atoms with van der Waals surface area (Å²) in [4.78, 5) is 24.9. The van der Waals surface area contributed by atoms with E-state index in [1.54, 1.807) is 0 Å². The van der Waals surface area contributed by atoms with Gasteiger partial charge in [0.25, 0.3) is 5.69 Å². The summed E-state index contributed by atoms with van der Waals surface area (Å²) in [6.45, 7) is 3.60. The fourth-order valence-electron chi connectivity index (χ4n) is 2.53. The Kier molecular flexibility index (Phi) is 6.91. The number of carbonyl (C=O) groups is 1. The maximum atomic E-state index is 12.3. The standard InChI is InChI=1S/C18H20ClN3O3/c1-2-10-21(12-14-6-4-3-5-7-14)13-18(23)20-16-9-8-15(19)11-17(16)22(24)25/h3-9,11H,2,10,12-13H2,1H3,(H,20,23). The Hall–Kier alpha value is -2.44. The van der Waals surface area contributed by atoms with Crippen LogP contribution >= 0.6 is 11.6 Å². The lowest BCUT2D eigenvalue weighted by molar-refractivity contribution is -0.383. The highest BCUT2D eigenvalue weighted by Gasteiger charge is 2.18. The van der Waals surface area contributed by atoms with Crippen LogP contribution in [0.15, 0.2) is 48.5 Å². The van der Waals surface area contributed by atoms with E-state index in [-0.39, 0.29) is 28.8 Å². The zero-order valence-electron chi connectivity index (χ0n) is 13.9. The molecular formula is C18H20ClN3O3. The molecule has 1 amide bonds. The molecule has 0 aromatic heterocycles. The van der Waals surface area contributed by atoms with Crippen LogP contribution in [0.1, 0.15) is 18.9 Å². The molecule has 0 heterocycles. The molecule has 132 valence electrons. The van der Waals surface area contributed by atoms with E-state index < -0.39 is 4.92 Å². The molecule has 25 heavy (non-hydrogen) atoms. The molecule has 0 aliphatic rings. The monoisotopic (exact) mass is 361 g/mol. The molecule has 0 bridgehead atoms. The molecule has 0 atom stereocenters. The van der Waals surface area contributed by atoms with Gasteiger partial charge in [0.15, 0.2) is 0 Å². The fourth-order valence-corrected chi connectivity index (χ4v) is 2.69. The summed E-state index contributed by atoms with van der Waals surface area (Å²) >= 11 is 5.79. The smallest absolute Gasteiger partial charge is 0.294 e. The van der Waals surface area contributed by atoms with E-state index in [9.17, 15) is 14.9 Å². The van der Waals surface area contributed by atoms with Crippen molar-refractivity contribution in [3.63, 3.8) is 0 Å². The Balaban J connectivity index is 2.05. The van der Waals surface area contributed by atoms with Gasteiger partial charge in [-0.05, 0) is 30.7 Å². The molecule has 7 heteroatoms. The van der Waals surface area contributed by atoms with Gasteiger partial charge in [-0.25, -0.2) is 0 Å². The van der Waals surface area contributed by atoms with E-state index in [4.69, 9.17) is 11.6 Å². The van der Waals surface area contributed by atoms with Gasteiger partial charge in [0.05, 0.1) is 11.5 Å². The van der Waals surface area contributed by atoms with Gasteiger partial charge in [-0.2, -0.15) is 0 Å². The molecular weight excluding hydrogens is 342 g/mol. The van der Waals surface area contributed by atoms with Gasteiger partial charge in [-0.15, -0.1) is 0 Å². The zero-order chi connectivity index (χ0) is 18.2. The first-order valence-electron chi connectivity index (χ1n) is 7.99. The van der Waals surface area contributed by atoms with Crippen molar-refractivity contribution in [1.29, 1.82) is 0 Å². The molecule has 0 unspecified atom stereocenters. The van der Waals surface area contributed by atoms with E-state index in [1.165, 1.54) is 18.2 Å². The molecule has 0 saturated carbocycles. The Bertz CT molecular complexity index is 738. The lowest BCUT2D eigenvalue weighted by Gasteiger charge is -2.21. The average molecular weight is 362 g/mol. The number of halogens is 1. The number of benzene rings is 2. The normalized spacial score (nSPS) is 10.7. The lowest BCUT2D eigenvalue weighted by atomic mass is 10.2. The number of amides is 1. The van der Waals surface area contributed by atoms with E-state index >= 15 is 0 Å². The van der Waals surface area contributed by atoms with Crippen LogP contribution in [-0.4, -0.2) is 28.8 Å². The number of nitrogens with zero attached hydrogens (tertiary/aromatic N) is 2. The van der Waals surface area contributed by atoms with Crippen molar-refractivity contribution < 1.29 is 9.72 Å². The van der Waals surface area contributed by atoms with E-state index in [0.29, 0.717) is 6.54 Å². The molecule has 2 rings (SSSR count). The second-order valence-electron chi connectivity index (χ2n) is 5.66. The molecule has 0 aliphatic carbocycles. The van der Waals surface area contributed by atoms with Gasteiger partial charge in [-0.1, -0.05) is 48.9 Å². The van der Waals surface area contributed by atoms with Gasteiger partial charge in [0, 0.05) is 17.6 Å². The summed E-state index contributed by atoms with van der Waals surface area (Å²) in [6, 6.07) is 14.0. The average Bonchev–Trinajstić information content (AvgIpc) is 2.57. The topological polar surface area (TPSA) is 75.5 Å². The van der Waals surface area contributed by atoms with Gasteiger partial charge >= 0.3 is 0 Å². The summed E-state index contributed by atoms with van der Waals surface area (Å²) in [5.41, 5.74) is 1.04. The van der Waals surface area contributed by atoms with Crippen molar-refractivity contribution in [2.24, 2.45) is 0 Å². The van der Waals surface area contributed by atoms with Crippen LogP contribution in [0, 0.1) is 10.1 Å². The Labute approximate surface area is 151 Å². The van der Waals surface area contributed by atoms with Crippen LogP contribution in [0.5, 0.6) is 0 Å². The molecule has 0 spiro atoms. The predicted molar refractivity (Wildman–Crippen MR) is 98.7 cm³/mol. The highest BCUT2D eigenvalue weighted by atomic mass is 35.5. The Morgan fingerprint density at radius 1 is 1.24 bits per heavy atom. The number of hydrogen-bond donors (Lipinski definition) is 1. The molecule has 2 aromatic rings. The molecule has 0 saturated heterocycles. The molecule has 0 fully saturated rings. The summed E-state index contributed by atoms with van der Waals surface area (Å²) in [6.07, 6.45) is 0.904. The Morgan fingerprint density at radius 3 is 2.60 bits per heavy atom. The third-order valence-corrected chi connectivity index (χ3v) is 3.82. The summed E-state index contributed by atoms with van der Waals surface area (Å²) in [7, 11) is 0. The first kappa shape index (κ1) is 18.9. The molecule has 2 aromatic carbocycles. The Morgan fingerprint density at radius 2 is 1.96 bits per heavy atom. The summed E-state index contributed by atoms with van der Waals surface area (Å²) < 4.78 is 0. The van der Waals surface area contributed by atoms with Crippen molar-refractivity contribution >= 4 is 28.9 Å². The van der Waals surface area contributed by atoms with Crippen molar-refractivity contribution in [2.45, 2.75) is 19.9 Å². The minimum absolute atomic E-state index is 0.149. The predicted octanol–water partition coefficient (Wildman–Crippen LogP) is 4.10. The van der Waals surface area contributed by atoms with Gasteiger partial charge in [0.2, 0.25) is 5.91 Å². The lowest BCUT2D eigenvalue weighted by Crippen LogP contribution is -2.33. The first-order chi connectivity index (χ1) is 12.0.